The number of hydrogen-bond acceptors (Lipinski definition) is 4. The molecule has 5 nitrogen and oxygen atoms in total. The van der Waals surface area contributed by atoms with Gasteiger partial charge in [-0.1, -0.05) is 6.07 Å². The Balaban J connectivity index is 1.79. The van der Waals surface area contributed by atoms with Crippen LogP contribution in [0.15, 0.2) is 18.2 Å². The van der Waals surface area contributed by atoms with E-state index >= 15 is 0 Å². The second-order valence-corrected chi connectivity index (χ2v) is 5.74. The average Bonchev–Trinajstić information content (AvgIpc) is 3.02. The summed E-state index contributed by atoms with van der Waals surface area (Å²) in [5.41, 5.74) is 2.37. The van der Waals surface area contributed by atoms with Gasteiger partial charge in [0.1, 0.15) is 0 Å². The Hall–Kier alpha value is -1.59. The predicted molar refractivity (Wildman–Crippen MR) is 80.9 cm³/mol. The molecule has 0 bridgehead atoms. The van der Waals surface area contributed by atoms with E-state index in [-0.39, 0.29) is 0 Å². The van der Waals surface area contributed by atoms with Crippen LogP contribution >= 0.6 is 0 Å². The minimum atomic E-state index is -0.833. The van der Waals surface area contributed by atoms with Gasteiger partial charge in [0.05, 0.1) is 24.5 Å². The second kappa shape index (κ2) is 6.45. The van der Waals surface area contributed by atoms with Crippen molar-refractivity contribution in [2.45, 2.75) is 19.4 Å². The molecule has 1 N–H and O–H groups in total. The molecular formula is C16H22N2O3. The predicted octanol–water partition coefficient (Wildman–Crippen LogP) is 1.82. The van der Waals surface area contributed by atoms with E-state index in [1.807, 2.05) is 12.1 Å². The molecule has 2 heterocycles. The lowest BCUT2D eigenvalue weighted by Gasteiger charge is -2.27. The van der Waals surface area contributed by atoms with Crippen LogP contribution in [-0.2, 0) is 11.3 Å². The summed E-state index contributed by atoms with van der Waals surface area (Å²) in [6, 6.07) is 5.88. The third-order valence-corrected chi connectivity index (χ3v) is 4.25. The highest BCUT2D eigenvalue weighted by Gasteiger charge is 2.20. The van der Waals surface area contributed by atoms with Gasteiger partial charge in [-0.25, -0.2) is 4.79 Å². The van der Waals surface area contributed by atoms with Gasteiger partial charge in [-0.2, -0.15) is 0 Å². The number of rotatable bonds is 4. The molecule has 0 atom stereocenters. The van der Waals surface area contributed by atoms with E-state index in [2.05, 4.69) is 15.9 Å². The summed E-state index contributed by atoms with van der Waals surface area (Å²) in [7, 11) is 0. The molecule has 0 unspecified atom stereocenters. The summed E-state index contributed by atoms with van der Waals surface area (Å²) in [5, 5.41) is 9.50. The van der Waals surface area contributed by atoms with Gasteiger partial charge < -0.3 is 14.7 Å². The van der Waals surface area contributed by atoms with Crippen molar-refractivity contribution < 1.29 is 14.6 Å². The molecular weight excluding hydrogens is 268 g/mol. The van der Waals surface area contributed by atoms with E-state index in [4.69, 9.17) is 4.74 Å². The number of morpholine rings is 1. The van der Waals surface area contributed by atoms with Crippen LogP contribution in [-0.4, -0.2) is 55.4 Å². The number of carboxylic acids is 1. The van der Waals surface area contributed by atoms with Gasteiger partial charge in [0.15, 0.2) is 0 Å². The largest absolute Gasteiger partial charge is 0.478 e. The maximum atomic E-state index is 11.6. The van der Waals surface area contributed by atoms with E-state index in [9.17, 15) is 9.90 Å². The molecule has 21 heavy (non-hydrogen) atoms. The molecule has 0 amide bonds. The zero-order valence-corrected chi connectivity index (χ0v) is 12.3. The van der Waals surface area contributed by atoms with Crippen molar-refractivity contribution in [3.05, 3.63) is 29.3 Å². The van der Waals surface area contributed by atoms with Crippen LogP contribution in [0.3, 0.4) is 0 Å². The van der Waals surface area contributed by atoms with Crippen molar-refractivity contribution in [2.75, 3.05) is 44.3 Å². The van der Waals surface area contributed by atoms with Gasteiger partial charge in [0.25, 0.3) is 0 Å². The number of carbonyl (C=O) groups is 1. The lowest BCUT2D eigenvalue weighted by molar-refractivity contribution is 0.0341. The Morgan fingerprint density at radius 1 is 1.14 bits per heavy atom. The summed E-state index contributed by atoms with van der Waals surface area (Å²) < 4.78 is 5.34. The van der Waals surface area contributed by atoms with Crippen molar-refractivity contribution in [3.63, 3.8) is 0 Å². The lowest BCUT2D eigenvalue weighted by Crippen LogP contribution is -2.35. The molecule has 2 saturated heterocycles. The maximum absolute atomic E-state index is 11.6. The molecule has 0 aromatic heterocycles. The molecule has 0 spiro atoms. The van der Waals surface area contributed by atoms with Gasteiger partial charge in [-0.3, -0.25) is 4.90 Å². The van der Waals surface area contributed by atoms with Crippen molar-refractivity contribution >= 4 is 11.7 Å². The van der Waals surface area contributed by atoms with Crippen LogP contribution in [0, 0.1) is 0 Å². The molecule has 1 aromatic carbocycles. The SMILES string of the molecule is O=C(O)c1cc(CN2CCOCC2)ccc1N1CCCC1. The number of ether oxygens (including phenoxy) is 1. The quantitative estimate of drug-likeness (QED) is 0.916. The zero-order chi connectivity index (χ0) is 14.7. The molecule has 2 aliphatic rings. The van der Waals surface area contributed by atoms with Crippen LogP contribution in [0.25, 0.3) is 0 Å². The molecule has 0 aliphatic carbocycles. The van der Waals surface area contributed by atoms with E-state index in [1.165, 1.54) is 0 Å². The van der Waals surface area contributed by atoms with Crippen molar-refractivity contribution in [1.29, 1.82) is 0 Å². The highest BCUT2D eigenvalue weighted by atomic mass is 16.5. The minimum Gasteiger partial charge on any atom is -0.478 e. The van der Waals surface area contributed by atoms with Gasteiger partial charge in [-0.15, -0.1) is 0 Å². The first-order valence-corrected chi connectivity index (χ1v) is 7.65. The Bertz CT molecular complexity index is 506. The van der Waals surface area contributed by atoms with Crippen LogP contribution in [0.4, 0.5) is 5.69 Å². The van der Waals surface area contributed by atoms with Crippen molar-refractivity contribution in [1.82, 2.24) is 4.90 Å². The molecule has 2 fully saturated rings. The highest BCUT2D eigenvalue weighted by molar-refractivity contribution is 5.94. The summed E-state index contributed by atoms with van der Waals surface area (Å²) >= 11 is 0. The monoisotopic (exact) mass is 290 g/mol. The Morgan fingerprint density at radius 2 is 1.86 bits per heavy atom. The Labute approximate surface area is 125 Å². The van der Waals surface area contributed by atoms with Crippen molar-refractivity contribution in [3.8, 4) is 0 Å². The van der Waals surface area contributed by atoms with E-state index in [0.29, 0.717) is 5.56 Å². The van der Waals surface area contributed by atoms with E-state index < -0.39 is 5.97 Å². The van der Waals surface area contributed by atoms with E-state index in [0.717, 1.165) is 70.0 Å². The van der Waals surface area contributed by atoms with Crippen LogP contribution in [0.2, 0.25) is 0 Å². The lowest BCUT2D eigenvalue weighted by atomic mass is 10.1. The first-order valence-electron chi connectivity index (χ1n) is 7.65. The van der Waals surface area contributed by atoms with E-state index in [1.54, 1.807) is 0 Å². The zero-order valence-electron chi connectivity index (χ0n) is 12.3. The number of benzene rings is 1. The molecule has 3 rings (SSSR count). The normalized spacial score (nSPS) is 19.9. The number of carboxylic acid groups (broad SMARTS) is 1. The average molecular weight is 290 g/mol. The summed E-state index contributed by atoms with van der Waals surface area (Å²) in [6.07, 6.45) is 2.29. The topological polar surface area (TPSA) is 53.0 Å². The fourth-order valence-electron chi connectivity index (χ4n) is 3.10. The Kier molecular flexibility index (Phi) is 4.41. The maximum Gasteiger partial charge on any atom is 0.337 e. The molecule has 2 aliphatic heterocycles. The van der Waals surface area contributed by atoms with Crippen LogP contribution < -0.4 is 4.90 Å². The highest BCUT2D eigenvalue weighted by Crippen LogP contribution is 2.26. The molecule has 114 valence electrons. The smallest absolute Gasteiger partial charge is 0.337 e. The second-order valence-electron chi connectivity index (χ2n) is 5.74. The third kappa shape index (κ3) is 3.36. The van der Waals surface area contributed by atoms with Gasteiger partial charge in [-0.05, 0) is 30.5 Å². The minimum absolute atomic E-state index is 0.433. The molecule has 1 aromatic rings. The number of nitrogens with zero attached hydrogens (tertiary/aromatic N) is 2. The first kappa shape index (κ1) is 14.4. The fourth-order valence-corrected chi connectivity index (χ4v) is 3.10. The standard InChI is InChI=1S/C16H22N2O3/c19-16(20)14-11-13(12-17-7-9-21-10-8-17)3-4-15(14)18-5-1-2-6-18/h3-4,11H,1-2,5-10,12H2,(H,19,20). The van der Waals surface area contributed by atoms with Gasteiger partial charge >= 0.3 is 5.97 Å². The van der Waals surface area contributed by atoms with Crippen LogP contribution in [0.5, 0.6) is 0 Å². The number of hydrogen-bond donors (Lipinski definition) is 1. The molecule has 0 saturated carbocycles. The Morgan fingerprint density at radius 3 is 2.52 bits per heavy atom. The third-order valence-electron chi connectivity index (χ3n) is 4.25. The summed E-state index contributed by atoms with van der Waals surface area (Å²) in [4.78, 5) is 16.1. The summed E-state index contributed by atoms with van der Waals surface area (Å²) in [6.45, 7) is 6.07. The summed E-state index contributed by atoms with van der Waals surface area (Å²) in [5.74, 6) is -0.833. The number of aromatic carboxylic acids is 1. The van der Waals surface area contributed by atoms with Crippen molar-refractivity contribution in [2.24, 2.45) is 0 Å². The molecule has 0 radical (unpaired) electrons. The number of anilines is 1. The van der Waals surface area contributed by atoms with Gasteiger partial charge in [0.2, 0.25) is 0 Å². The molecule has 5 heteroatoms. The first-order chi connectivity index (χ1) is 10.2. The van der Waals surface area contributed by atoms with Gasteiger partial charge in [0, 0.05) is 32.7 Å². The van der Waals surface area contributed by atoms with Crippen LogP contribution in [0.1, 0.15) is 28.8 Å². The fraction of sp³-hybridized carbons (Fsp3) is 0.562.